The standard InChI is InChI=1S/C23H29ClN2O4S/c1-18-17-20(24)8-11-22(18)30-16-4-13-25-23(27)12-7-19-5-9-21(10-6-19)31(28,29)26-14-2-3-15-26/h5-6,8-11,17H,2-4,7,12-16H2,1H3,(H,25,27). The molecule has 3 rings (SSSR count). The molecule has 0 saturated carbocycles. The first kappa shape index (κ1) is 23.6. The third-order valence-electron chi connectivity index (χ3n) is 5.30. The Labute approximate surface area is 189 Å². The molecule has 0 aliphatic carbocycles. The van der Waals surface area contributed by atoms with Gasteiger partial charge in [-0.05, 0) is 74.1 Å². The topological polar surface area (TPSA) is 75.7 Å². The molecule has 31 heavy (non-hydrogen) atoms. The van der Waals surface area contributed by atoms with Crippen LogP contribution in [0.25, 0.3) is 0 Å². The Bertz CT molecular complexity index is 987. The Kier molecular flexibility index (Phi) is 8.35. The first-order valence-corrected chi connectivity index (χ1v) is 12.4. The van der Waals surface area contributed by atoms with E-state index < -0.39 is 10.0 Å². The predicted molar refractivity (Wildman–Crippen MR) is 122 cm³/mol. The van der Waals surface area contributed by atoms with Gasteiger partial charge in [-0.2, -0.15) is 4.31 Å². The van der Waals surface area contributed by atoms with Crippen LogP contribution in [0.5, 0.6) is 5.75 Å². The van der Waals surface area contributed by atoms with Crippen LogP contribution < -0.4 is 10.1 Å². The zero-order valence-corrected chi connectivity index (χ0v) is 19.3. The Hall–Kier alpha value is -2.09. The number of sulfonamides is 1. The number of hydrogen-bond donors (Lipinski definition) is 1. The molecule has 1 aliphatic heterocycles. The number of carbonyl (C=O) groups excluding carboxylic acids is 1. The smallest absolute Gasteiger partial charge is 0.243 e. The second-order valence-corrected chi connectivity index (χ2v) is 10.1. The Balaban J connectivity index is 1.35. The van der Waals surface area contributed by atoms with Crippen molar-refractivity contribution in [2.24, 2.45) is 0 Å². The van der Waals surface area contributed by atoms with E-state index in [9.17, 15) is 13.2 Å². The maximum absolute atomic E-state index is 12.6. The minimum absolute atomic E-state index is 0.0311. The monoisotopic (exact) mass is 464 g/mol. The summed E-state index contributed by atoms with van der Waals surface area (Å²) in [6, 6.07) is 12.3. The van der Waals surface area contributed by atoms with Crippen LogP contribution in [-0.2, 0) is 21.2 Å². The number of ether oxygens (including phenoxy) is 1. The van der Waals surface area contributed by atoms with Gasteiger partial charge in [0.05, 0.1) is 11.5 Å². The molecule has 1 amide bonds. The number of rotatable bonds is 10. The van der Waals surface area contributed by atoms with Gasteiger partial charge in [0, 0.05) is 31.1 Å². The number of hydrogen-bond acceptors (Lipinski definition) is 4. The fourth-order valence-electron chi connectivity index (χ4n) is 3.51. The normalized spacial score (nSPS) is 14.5. The summed E-state index contributed by atoms with van der Waals surface area (Å²) in [7, 11) is -3.39. The molecule has 1 saturated heterocycles. The molecular weight excluding hydrogens is 436 g/mol. The van der Waals surface area contributed by atoms with Gasteiger partial charge in [-0.1, -0.05) is 23.7 Å². The molecule has 0 radical (unpaired) electrons. The van der Waals surface area contributed by atoms with E-state index in [4.69, 9.17) is 16.3 Å². The van der Waals surface area contributed by atoms with E-state index in [1.807, 2.05) is 19.1 Å². The summed E-state index contributed by atoms with van der Waals surface area (Å²) in [6.45, 7) is 4.18. The summed E-state index contributed by atoms with van der Waals surface area (Å²) >= 11 is 5.93. The van der Waals surface area contributed by atoms with Crippen molar-refractivity contribution in [1.82, 2.24) is 9.62 Å². The molecule has 0 spiro atoms. The molecule has 2 aromatic rings. The number of carbonyl (C=O) groups is 1. The van der Waals surface area contributed by atoms with Crippen molar-refractivity contribution in [2.45, 2.75) is 43.9 Å². The minimum Gasteiger partial charge on any atom is -0.493 e. The van der Waals surface area contributed by atoms with Gasteiger partial charge in [-0.25, -0.2) is 8.42 Å². The summed E-state index contributed by atoms with van der Waals surface area (Å²) in [5.74, 6) is 0.766. The molecule has 1 N–H and O–H groups in total. The number of nitrogens with zero attached hydrogens (tertiary/aromatic N) is 1. The lowest BCUT2D eigenvalue weighted by Crippen LogP contribution is -2.27. The van der Waals surface area contributed by atoms with Crippen molar-refractivity contribution in [1.29, 1.82) is 0 Å². The van der Waals surface area contributed by atoms with E-state index in [1.54, 1.807) is 30.3 Å². The molecule has 1 aliphatic rings. The van der Waals surface area contributed by atoms with E-state index in [0.29, 0.717) is 55.4 Å². The highest BCUT2D eigenvalue weighted by atomic mass is 35.5. The van der Waals surface area contributed by atoms with Crippen LogP contribution in [-0.4, -0.2) is 44.9 Å². The van der Waals surface area contributed by atoms with Gasteiger partial charge in [-0.3, -0.25) is 4.79 Å². The van der Waals surface area contributed by atoms with E-state index >= 15 is 0 Å². The average Bonchev–Trinajstić information content (AvgIpc) is 3.29. The van der Waals surface area contributed by atoms with E-state index in [2.05, 4.69) is 5.32 Å². The van der Waals surface area contributed by atoms with Crippen molar-refractivity contribution in [3.05, 3.63) is 58.6 Å². The number of aryl methyl sites for hydroxylation is 2. The lowest BCUT2D eigenvalue weighted by molar-refractivity contribution is -0.121. The number of benzene rings is 2. The van der Waals surface area contributed by atoms with E-state index in [-0.39, 0.29) is 5.91 Å². The fourth-order valence-corrected chi connectivity index (χ4v) is 5.25. The van der Waals surface area contributed by atoms with Gasteiger partial charge in [0.2, 0.25) is 15.9 Å². The zero-order chi connectivity index (χ0) is 22.3. The number of nitrogens with one attached hydrogen (secondary N) is 1. The lowest BCUT2D eigenvalue weighted by atomic mass is 10.1. The van der Waals surface area contributed by atoms with Crippen LogP contribution in [0, 0.1) is 6.92 Å². The predicted octanol–water partition coefficient (Wildman–Crippen LogP) is 3.95. The molecule has 168 valence electrons. The lowest BCUT2D eigenvalue weighted by Gasteiger charge is -2.15. The molecular formula is C23H29ClN2O4S. The fraction of sp³-hybridized carbons (Fsp3) is 0.435. The zero-order valence-electron chi connectivity index (χ0n) is 17.8. The van der Waals surface area contributed by atoms with Crippen LogP contribution in [0.15, 0.2) is 47.4 Å². The molecule has 0 bridgehead atoms. The van der Waals surface area contributed by atoms with Crippen molar-refractivity contribution in [2.75, 3.05) is 26.2 Å². The van der Waals surface area contributed by atoms with E-state index in [0.717, 1.165) is 29.7 Å². The largest absolute Gasteiger partial charge is 0.493 e. The third-order valence-corrected chi connectivity index (χ3v) is 7.45. The summed E-state index contributed by atoms with van der Waals surface area (Å²) in [5, 5.41) is 3.57. The molecule has 1 fully saturated rings. The van der Waals surface area contributed by atoms with Crippen molar-refractivity contribution >= 4 is 27.5 Å². The summed E-state index contributed by atoms with van der Waals surface area (Å²) < 4.78 is 32.4. The molecule has 0 unspecified atom stereocenters. The molecule has 2 aromatic carbocycles. The third kappa shape index (κ3) is 6.69. The Morgan fingerprint density at radius 1 is 1.13 bits per heavy atom. The van der Waals surface area contributed by atoms with Crippen molar-refractivity contribution < 1.29 is 17.9 Å². The SMILES string of the molecule is Cc1cc(Cl)ccc1OCCCNC(=O)CCc1ccc(S(=O)(=O)N2CCCC2)cc1. The highest BCUT2D eigenvalue weighted by Crippen LogP contribution is 2.22. The van der Waals surface area contributed by atoms with Crippen LogP contribution in [0.3, 0.4) is 0 Å². The van der Waals surface area contributed by atoms with Crippen LogP contribution >= 0.6 is 11.6 Å². The van der Waals surface area contributed by atoms with Crippen LogP contribution in [0.2, 0.25) is 5.02 Å². The van der Waals surface area contributed by atoms with E-state index in [1.165, 1.54) is 4.31 Å². The van der Waals surface area contributed by atoms with Gasteiger partial charge in [0.1, 0.15) is 5.75 Å². The number of amides is 1. The Morgan fingerprint density at radius 3 is 2.52 bits per heavy atom. The molecule has 6 nitrogen and oxygen atoms in total. The average molecular weight is 465 g/mol. The molecule has 1 heterocycles. The molecule has 0 atom stereocenters. The second kappa shape index (κ2) is 11.0. The highest BCUT2D eigenvalue weighted by molar-refractivity contribution is 7.89. The van der Waals surface area contributed by atoms with Crippen LogP contribution in [0.4, 0.5) is 0 Å². The number of halogens is 1. The maximum atomic E-state index is 12.6. The van der Waals surface area contributed by atoms with Gasteiger partial charge in [0.15, 0.2) is 0 Å². The molecule has 0 aromatic heterocycles. The summed E-state index contributed by atoms with van der Waals surface area (Å²) in [6.07, 6.45) is 3.46. The second-order valence-electron chi connectivity index (χ2n) is 7.72. The van der Waals surface area contributed by atoms with Gasteiger partial charge < -0.3 is 10.1 Å². The Morgan fingerprint density at radius 2 is 1.84 bits per heavy atom. The first-order chi connectivity index (χ1) is 14.9. The van der Waals surface area contributed by atoms with Crippen molar-refractivity contribution in [3.8, 4) is 5.75 Å². The molecule has 8 heteroatoms. The summed E-state index contributed by atoms with van der Waals surface area (Å²) in [5.41, 5.74) is 1.92. The van der Waals surface area contributed by atoms with Gasteiger partial charge >= 0.3 is 0 Å². The highest BCUT2D eigenvalue weighted by Gasteiger charge is 2.26. The van der Waals surface area contributed by atoms with Gasteiger partial charge in [-0.15, -0.1) is 0 Å². The minimum atomic E-state index is -3.39. The van der Waals surface area contributed by atoms with Gasteiger partial charge in [0.25, 0.3) is 0 Å². The quantitative estimate of drug-likeness (QED) is 0.540. The first-order valence-electron chi connectivity index (χ1n) is 10.6. The summed E-state index contributed by atoms with van der Waals surface area (Å²) in [4.78, 5) is 12.4. The van der Waals surface area contributed by atoms with Crippen LogP contribution in [0.1, 0.15) is 36.8 Å². The van der Waals surface area contributed by atoms with Crippen molar-refractivity contribution in [3.63, 3.8) is 0 Å². The maximum Gasteiger partial charge on any atom is 0.243 e.